The molecule has 0 aromatic heterocycles. The molecule has 1 aromatic carbocycles. The Morgan fingerprint density at radius 3 is 2.71 bits per heavy atom. The summed E-state index contributed by atoms with van der Waals surface area (Å²) < 4.78 is 10.9. The van der Waals surface area contributed by atoms with Crippen molar-refractivity contribution in [3.05, 3.63) is 23.8 Å². The number of nitrogens with one attached hydrogen (secondary N) is 2. The molecule has 7 nitrogen and oxygen atoms in total. The summed E-state index contributed by atoms with van der Waals surface area (Å²) in [6, 6.07) is 5.07. The standard InChI is InChI=1S/C17H22N2O5/c20-13(11-1-3-15-16(7-11)24-6-5-23-15)2-4-17(22)19-9-12-8-18-10-14(12)21/h1,3,7,12,14,18,21H,2,4-6,8-10H2,(H,19,22). The molecular formula is C17H22N2O5. The summed E-state index contributed by atoms with van der Waals surface area (Å²) >= 11 is 0. The normalized spacial score (nSPS) is 22.2. The van der Waals surface area contributed by atoms with Crippen molar-refractivity contribution in [3.63, 3.8) is 0 Å². The lowest BCUT2D eigenvalue weighted by atomic mass is 10.0. The van der Waals surface area contributed by atoms with E-state index in [1.54, 1.807) is 18.2 Å². The number of fused-ring (bicyclic) bond motifs is 1. The number of benzene rings is 1. The number of hydrogen-bond acceptors (Lipinski definition) is 6. The third-order valence-corrected chi connectivity index (χ3v) is 4.31. The smallest absolute Gasteiger partial charge is 0.220 e. The summed E-state index contributed by atoms with van der Waals surface area (Å²) in [4.78, 5) is 24.1. The first-order valence-electron chi connectivity index (χ1n) is 8.22. The van der Waals surface area contributed by atoms with Gasteiger partial charge in [0.1, 0.15) is 13.2 Å². The van der Waals surface area contributed by atoms with Gasteiger partial charge in [0.15, 0.2) is 17.3 Å². The van der Waals surface area contributed by atoms with Crippen LogP contribution < -0.4 is 20.1 Å². The Bertz CT molecular complexity index is 619. The average Bonchev–Trinajstić information content (AvgIpc) is 3.02. The summed E-state index contributed by atoms with van der Waals surface area (Å²) in [6.45, 7) is 2.65. The minimum Gasteiger partial charge on any atom is -0.486 e. The summed E-state index contributed by atoms with van der Waals surface area (Å²) in [7, 11) is 0. The molecule has 1 amide bonds. The topological polar surface area (TPSA) is 96.9 Å². The van der Waals surface area contributed by atoms with Gasteiger partial charge in [0.25, 0.3) is 0 Å². The molecule has 2 aliphatic heterocycles. The van der Waals surface area contributed by atoms with E-state index in [1.165, 1.54) is 0 Å². The highest BCUT2D eigenvalue weighted by atomic mass is 16.6. The van der Waals surface area contributed by atoms with E-state index in [-0.39, 0.29) is 30.4 Å². The molecule has 2 atom stereocenters. The van der Waals surface area contributed by atoms with Gasteiger partial charge in [0, 0.05) is 44.0 Å². The molecule has 0 saturated carbocycles. The Balaban J connectivity index is 1.45. The highest BCUT2D eigenvalue weighted by Gasteiger charge is 2.25. The Morgan fingerprint density at radius 1 is 1.17 bits per heavy atom. The van der Waals surface area contributed by atoms with Crippen molar-refractivity contribution in [2.45, 2.75) is 18.9 Å². The van der Waals surface area contributed by atoms with E-state index in [4.69, 9.17) is 9.47 Å². The summed E-state index contributed by atoms with van der Waals surface area (Å²) in [5.74, 6) is 0.950. The number of rotatable bonds is 6. The second-order valence-electron chi connectivity index (χ2n) is 6.07. The monoisotopic (exact) mass is 334 g/mol. The van der Waals surface area contributed by atoms with E-state index in [2.05, 4.69) is 10.6 Å². The molecule has 2 aliphatic rings. The van der Waals surface area contributed by atoms with Gasteiger partial charge in [-0.2, -0.15) is 0 Å². The Morgan fingerprint density at radius 2 is 1.96 bits per heavy atom. The van der Waals surface area contributed by atoms with Crippen LogP contribution >= 0.6 is 0 Å². The lowest BCUT2D eigenvalue weighted by Gasteiger charge is -2.18. The maximum absolute atomic E-state index is 12.2. The third kappa shape index (κ3) is 4.04. The minimum atomic E-state index is -0.426. The second kappa shape index (κ2) is 7.63. The predicted molar refractivity (Wildman–Crippen MR) is 86.4 cm³/mol. The minimum absolute atomic E-state index is 0.0300. The van der Waals surface area contributed by atoms with Gasteiger partial charge in [0.05, 0.1) is 6.10 Å². The lowest BCUT2D eigenvalue weighted by Crippen LogP contribution is -2.34. The van der Waals surface area contributed by atoms with E-state index in [0.717, 1.165) is 0 Å². The lowest BCUT2D eigenvalue weighted by molar-refractivity contribution is -0.121. The molecule has 0 bridgehead atoms. The molecule has 0 radical (unpaired) electrons. The fourth-order valence-electron chi connectivity index (χ4n) is 2.85. The van der Waals surface area contributed by atoms with E-state index in [1.807, 2.05) is 0 Å². The zero-order chi connectivity index (χ0) is 16.9. The summed E-state index contributed by atoms with van der Waals surface area (Å²) in [5.41, 5.74) is 0.516. The van der Waals surface area contributed by atoms with Crippen molar-refractivity contribution in [2.75, 3.05) is 32.8 Å². The van der Waals surface area contributed by atoms with Gasteiger partial charge in [-0.25, -0.2) is 0 Å². The zero-order valence-corrected chi connectivity index (χ0v) is 13.4. The van der Waals surface area contributed by atoms with Crippen molar-refractivity contribution >= 4 is 11.7 Å². The highest BCUT2D eigenvalue weighted by molar-refractivity contribution is 5.98. The molecule has 1 saturated heterocycles. The Labute approximate surface area is 140 Å². The van der Waals surface area contributed by atoms with Gasteiger partial charge in [-0.1, -0.05) is 0 Å². The van der Waals surface area contributed by atoms with Gasteiger partial charge in [-0.05, 0) is 18.2 Å². The molecule has 2 heterocycles. The summed E-state index contributed by atoms with van der Waals surface area (Å²) in [5, 5.41) is 15.5. The van der Waals surface area contributed by atoms with E-state index < -0.39 is 6.10 Å². The fraction of sp³-hybridized carbons (Fsp3) is 0.529. The quantitative estimate of drug-likeness (QED) is 0.639. The molecule has 3 N–H and O–H groups in total. The Kier molecular flexibility index (Phi) is 5.32. The van der Waals surface area contributed by atoms with E-state index in [0.29, 0.717) is 49.9 Å². The zero-order valence-electron chi connectivity index (χ0n) is 13.4. The van der Waals surface area contributed by atoms with Crippen LogP contribution in [0.3, 0.4) is 0 Å². The van der Waals surface area contributed by atoms with Gasteiger partial charge in [-0.15, -0.1) is 0 Å². The number of β-amino-alcohol motifs (C(OH)–C–C–N with tert-alkyl or cyclic N) is 1. The first-order chi connectivity index (χ1) is 11.6. The molecule has 1 aromatic rings. The van der Waals surface area contributed by atoms with Gasteiger partial charge in [-0.3, -0.25) is 9.59 Å². The number of carbonyl (C=O) groups excluding carboxylic acids is 2. The van der Waals surface area contributed by atoms with Gasteiger partial charge >= 0.3 is 0 Å². The number of carbonyl (C=O) groups is 2. The van der Waals surface area contributed by atoms with Crippen LogP contribution in [0.15, 0.2) is 18.2 Å². The molecule has 3 rings (SSSR count). The average molecular weight is 334 g/mol. The van der Waals surface area contributed by atoms with Crippen molar-refractivity contribution in [2.24, 2.45) is 5.92 Å². The number of hydrogen-bond donors (Lipinski definition) is 3. The molecule has 2 unspecified atom stereocenters. The molecule has 7 heteroatoms. The van der Waals surface area contributed by atoms with Crippen LogP contribution in [0.5, 0.6) is 11.5 Å². The van der Waals surface area contributed by atoms with Gasteiger partial charge in [0.2, 0.25) is 5.91 Å². The number of ether oxygens (including phenoxy) is 2. The number of Topliss-reactive ketones (excluding diaryl/α,β-unsaturated/α-hetero) is 1. The largest absolute Gasteiger partial charge is 0.486 e. The number of ketones is 1. The fourth-order valence-corrected chi connectivity index (χ4v) is 2.85. The molecular weight excluding hydrogens is 312 g/mol. The molecule has 0 aliphatic carbocycles. The van der Waals surface area contributed by atoms with Crippen molar-refractivity contribution in [3.8, 4) is 11.5 Å². The van der Waals surface area contributed by atoms with Crippen LogP contribution in [0.1, 0.15) is 23.2 Å². The molecule has 130 valence electrons. The first kappa shape index (κ1) is 16.7. The van der Waals surface area contributed by atoms with Crippen LogP contribution in [0.2, 0.25) is 0 Å². The Hall–Kier alpha value is -2.12. The van der Waals surface area contributed by atoms with Crippen molar-refractivity contribution in [1.82, 2.24) is 10.6 Å². The van der Waals surface area contributed by atoms with Crippen LogP contribution in [0.4, 0.5) is 0 Å². The van der Waals surface area contributed by atoms with Crippen molar-refractivity contribution in [1.29, 1.82) is 0 Å². The second-order valence-corrected chi connectivity index (χ2v) is 6.07. The van der Waals surface area contributed by atoms with Crippen LogP contribution in [0.25, 0.3) is 0 Å². The highest BCUT2D eigenvalue weighted by Crippen LogP contribution is 2.31. The number of amides is 1. The third-order valence-electron chi connectivity index (χ3n) is 4.31. The maximum Gasteiger partial charge on any atom is 0.220 e. The van der Waals surface area contributed by atoms with Gasteiger partial charge < -0.3 is 25.2 Å². The van der Waals surface area contributed by atoms with Crippen LogP contribution in [0, 0.1) is 5.92 Å². The predicted octanol–water partition coefficient (Wildman–Crippen LogP) is 0.117. The SMILES string of the molecule is O=C(CCC(=O)c1ccc2c(c1)OCCO2)NCC1CNCC1O. The van der Waals surface area contributed by atoms with E-state index in [9.17, 15) is 14.7 Å². The molecule has 1 fully saturated rings. The van der Waals surface area contributed by atoms with E-state index >= 15 is 0 Å². The molecule has 24 heavy (non-hydrogen) atoms. The van der Waals surface area contributed by atoms with Crippen LogP contribution in [-0.4, -0.2) is 55.7 Å². The number of aliphatic hydroxyl groups is 1. The summed E-state index contributed by atoms with van der Waals surface area (Å²) in [6.07, 6.45) is -0.162. The van der Waals surface area contributed by atoms with Crippen LogP contribution in [-0.2, 0) is 4.79 Å². The number of aliphatic hydroxyl groups excluding tert-OH is 1. The van der Waals surface area contributed by atoms with Crippen molar-refractivity contribution < 1.29 is 24.2 Å². The first-order valence-corrected chi connectivity index (χ1v) is 8.22. The maximum atomic E-state index is 12.2. The molecule has 0 spiro atoms.